The van der Waals surface area contributed by atoms with E-state index >= 15 is 0 Å². The predicted octanol–water partition coefficient (Wildman–Crippen LogP) is 4.71. The predicted molar refractivity (Wildman–Crippen MR) is 142 cm³/mol. The van der Waals surface area contributed by atoms with Crippen LogP contribution < -0.4 is 5.32 Å². The van der Waals surface area contributed by atoms with Gasteiger partial charge in [-0.05, 0) is 59.8 Å². The number of nitrogens with one attached hydrogen (secondary N) is 1. The van der Waals surface area contributed by atoms with E-state index in [1.807, 2.05) is 18.2 Å². The third kappa shape index (κ3) is 7.38. The lowest BCUT2D eigenvalue weighted by atomic mass is 9.75. The van der Waals surface area contributed by atoms with Crippen LogP contribution in [0.2, 0.25) is 0 Å². The Morgan fingerprint density at radius 3 is 1.81 bits per heavy atom. The van der Waals surface area contributed by atoms with Crippen LogP contribution in [0, 0.1) is 56.2 Å². The van der Waals surface area contributed by atoms with Crippen molar-refractivity contribution in [1.29, 1.82) is 21.0 Å². The van der Waals surface area contributed by atoms with E-state index in [1.54, 1.807) is 0 Å². The molecule has 0 spiro atoms. The fourth-order valence-electron chi connectivity index (χ4n) is 5.39. The molecule has 1 fully saturated rings. The molecule has 3 aliphatic rings. The van der Waals surface area contributed by atoms with Gasteiger partial charge in [-0.25, -0.2) is 0 Å². The maximum atomic E-state index is 9.33. The lowest BCUT2D eigenvalue weighted by Gasteiger charge is -2.42. The van der Waals surface area contributed by atoms with Crippen LogP contribution in [0.1, 0.15) is 53.4 Å². The van der Waals surface area contributed by atoms with Gasteiger partial charge in [-0.15, -0.1) is 12.4 Å². The highest BCUT2D eigenvalue weighted by Crippen LogP contribution is 2.40. The third-order valence-corrected chi connectivity index (χ3v) is 7.00. The van der Waals surface area contributed by atoms with Crippen molar-refractivity contribution in [3.63, 3.8) is 0 Å². The molecule has 1 N–H and O–H groups in total. The maximum Gasteiger partial charge on any atom is 0.132 e. The summed E-state index contributed by atoms with van der Waals surface area (Å²) in [5.41, 5.74) is 4.51. The van der Waals surface area contributed by atoms with Crippen LogP contribution in [0.3, 0.4) is 0 Å². The molecule has 0 atom stereocenters. The largest absolute Gasteiger partial charge is 0.387 e. The molecule has 1 saturated heterocycles. The summed E-state index contributed by atoms with van der Waals surface area (Å²) >= 11 is 0. The summed E-state index contributed by atoms with van der Waals surface area (Å²) in [7, 11) is 0. The zero-order valence-corrected chi connectivity index (χ0v) is 22.6. The molecule has 0 bridgehead atoms. The van der Waals surface area contributed by atoms with E-state index in [1.165, 1.54) is 5.70 Å². The van der Waals surface area contributed by atoms with Gasteiger partial charge in [-0.2, -0.15) is 21.0 Å². The number of nitriles is 4. The lowest BCUT2D eigenvalue weighted by Crippen LogP contribution is -2.48. The summed E-state index contributed by atoms with van der Waals surface area (Å²) < 4.78 is 0. The summed E-state index contributed by atoms with van der Waals surface area (Å²) in [6.07, 6.45) is 7.42. The van der Waals surface area contributed by atoms with E-state index in [0.29, 0.717) is 0 Å². The Labute approximate surface area is 222 Å². The molecule has 0 unspecified atom stereocenters. The Bertz CT molecular complexity index is 1100. The van der Waals surface area contributed by atoms with Gasteiger partial charge < -0.3 is 10.2 Å². The average Bonchev–Trinajstić information content (AvgIpc) is 2.79. The van der Waals surface area contributed by atoms with Crippen molar-refractivity contribution >= 4 is 12.4 Å². The lowest BCUT2D eigenvalue weighted by molar-refractivity contribution is 0.147. The second-order valence-corrected chi connectivity index (χ2v) is 11.3. The Hall–Kier alpha value is -3.23. The van der Waals surface area contributed by atoms with E-state index in [-0.39, 0.29) is 34.4 Å². The van der Waals surface area contributed by atoms with Crippen molar-refractivity contribution in [3.8, 4) is 24.3 Å². The molecule has 8 heteroatoms. The highest BCUT2D eigenvalue weighted by atomic mass is 35.5. The number of nitrogens with zero attached hydrogens (tertiary/aromatic N) is 6. The molecule has 0 amide bonds. The number of allylic oxidation sites excluding steroid dienone is 8. The van der Waals surface area contributed by atoms with Crippen molar-refractivity contribution in [3.05, 3.63) is 45.8 Å². The molecule has 190 valence electrons. The van der Waals surface area contributed by atoms with Gasteiger partial charge in [0.1, 0.15) is 35.4 Å². The average molecular weight is 506 g/mol. The van der Waals surface area contributed by atoms with Crippen molar-refractivity contribution in [2.75, 3.05) is 39.3 Å². The summed E-state index contributed by atoms with van der Waals surface area (Å²) in [4.78, 5) is 4.86. The minimum Gasteiger partial charge on any atom is -0.387 e. The Morgan fingerprint density at radius 2 is 1.28 bits per heavy atom. The van der Waals surface area contributed by atoms with E-state index in [4.69, 9.17) is 0 Å². The zero-order chi connectivity index (χ0) is 25.6. The molecule has 1 aliphatic heterocycles. The Morgan fingerprint density at radius 1 is 0.778 bits per heavy atom. The second-order valence-electron chi connectivity index (χ2n) is 11.3. The summed E-state index contributed by atoms with van der Waals surface area (Å²) in [5, 5.41) is 40.7. The first-order valence-corrected chi connectivity index (χ1v) is 12.3. The first-order valence-electron chi connectivity index (χ1n) is 12.3. The molecule has 0 radical (unpaired) electrons. The van der Waals surface area contributed by atoms with Crippen LogP contribution in [-0.2, 0) is 0 Å². The molecule has 2 aliphatic carbocycles. The van der Waals surface area contributed by atoms with Crippen LogP contribution in [0.4, 0.5) is 0 Å². The Kier molecular flexibility index (Phi) is 9.78. The van der Waals surface area contributed by atoms with Gasteiger partial charge in [0.2, 0.25) is 0 Å². The fraction of sp³-hybridized carbons (Fsp3) is 0.571. The third-order valence-electron chi connectivity index (χ3n) is 7.00. The molecule has 0 aromatic carbocycles. The van der Waals surface area contributed by atoms with Crippen LogP contribution in [0.15, 0.2) is 45.8 Å². The molecule has 0 saturated carbocycles. The van der Waals surface area contributed by atoms with Gasteiger partial charge in [0, 0.05) is 50.7 Å². The number of halogens is 1. The molecular formula is C28H36ClN7. The van der Waals surface area contributed by atoms with Gasteiger partial charge in [0.05, 0.1) is 0 Å². The van der Waals surface area contributed by atoms with Crippen LogP contribution in [0.25, 0.3) is 0 Å². The van der Waals surface area contributed by atoms with Crippen LogP contribution in [0.5, 0.6) is 0 Å². The SMILES string of the molecule is CC1(C)CC(NCCN2CCN(C3=CC(=C(C#N)C#N)CC(C)(C)C3)CC2)=CC(=C(C#N)C#N)C1.Cl. The van der Waals surface area contributed by atoms with Crippen LogP contribution in [-0.4, -0.2) is 49.1 Å². The molecule has 3 rings (SSSR count). The molecule has 0 aromatic heterocycles. The van der Waals surface area contributed by atoms with Crippen molar-refractivity contribution in [2.45, 2.75) is 53.4 Å². The van der Waals surface area contributed by atoms with Gasteiger partial charge in [-0.3, -0.25) is 4.90 Å². The van der Waals surface area contributed by atoms with E-state index in [9.17, 15) is 21.0 Å². The first kappa shape index (κ1) is 29.0. The summed E-state index contributed by atoms with van der Waals surface area (Å²) in [6, 6.07) is 8.19. The quantitative estimate of drug-likeness (QED) is 0.538. The van der Waals surface area contributed by atoms with E-state index in [0.717, 1.165) is 81.8 Å². The summed E-state index contributed by atoms with van der Waals surface area (Å²) in [6.45, 7) is 14.3. The maximum absolute atomic E-state index is 9.33. The van der Waals surface area contributed by atoms with E-state index < -0.39 is 0 Å². The molecule has 36 heavy (non-hydrogen) atoms. The number of hydrogen-bond acceptors (Lipinski definition) is 7. The number of hydrogen-bond donors (Lipinski definition) is 1. The van der Waals surface area contributed by atoms with Gasteiger partial charge in [-0.1, -0.05) is 27.7 Å². The van der Waals surface area contributed by atoms with Gasteiger partial charge in [0.25, 0.3) is 0 Å². The monoisotopic (exact) mass is 505 g/mol. The highest BCUT2D eigenvalue weighted by molar-refractivity contribution is 5.85. The number of rotatable bonds is 5. The Balaban J connectivity index is 0.00000456. The standard InChI is InChI=1S/C28H35N7.ClH/c1-27(2)13-21(23(17-29)18-30)11-25(15-27)33-5-6-34-7-9-35(10-8-34)26-12-22(24(19-31)20-32)14-28(3,4)16-26;/h11-12,33H,5-10,13-16H2,1-4H3;1H. The van der Waals surface area contributed by atoms with Crippen LogP contribution >= 0.6 is 12.4 Å². The smallest absolute Gasteiger partial charge is 0.132 e. The van der Waals surface area contributed by atoms with Crippen molar-refractivity contribution < 1.29 is 0 Å². The number of piperazine rings is 1. The van der Waals surface area contributed by atoms with Crippen molar-refractivity contribution in [2.24, 2.45) is 10.8 Å². The minimum atomic E-state index is 0. The van der Waals surface area contributed by atoms with E-state index in [2.05, 4.69) is 61.0 Å². The summed E-state index contributed by atoms with van der Waals surface area (Å²) in [5.74, 6) is 0. The highest BCUT2D eigenvalue weighted by Gasteiger charge is 2.31. The zero-order valence-electron chi connectivity index (χ0n) is 21.8. The molecule has 1 heterocycles. The minimum absolute atomic E-state index is 0. The first-order chi connectivity index (χ1) is 16.6. The molecular weight excluding hydrogens is 470 g/mol. The van der Waals surface area contributed by atoms with Gasteiger partial charge in [0.15, 0.2) is 0 Å². The molecule has 0 aromatic rings. The molecule has 7 nitrogen and oxygen atoms in total. The van der Waals surface area contributed by atoms with Crippen molar-refractivity contribution in [1.82, 2.24) is 15.1 Å². The topological polar surface area (TPSA) is 114 Å². The normalized spacial score (nSPS) is 20.8. The van der Waals surface area contributed by atoms with Gasteiger partial charge >= 0.3 is 0 Å². The second kappa shape index (κ2) is 12.1. The fourth-order valence-corrected chi connectivity index (χ4v) is 5.39.